The molecule has 13 heavy (non-hydrogen) atoms. The van der Waals surface area contributed by atoms with Crippen molar-refractivity contribution in [1.82, 2.24) is 20.2 Å². The maximum absolute atomic E-state index is 11.4. The van der Waals surface area contributed by atoms with Crippen LogP contribution in [0.2, 0.25) is 0 Å². The minimum Gasteiger partial charge on any atom is -0.320 e. The van der Waals surface area contributed by atoms with E-state index >= 15 is 0 Å². The van der Waals surface area contributed by atoms with Gasteiger partial charge in [0, 0.05) is 14.1 Å². The third-order valence-electron chi connectivity index (χ3n) is 1.62. The van der Waals surface area contributed by atoms with Crippen molar-refractivity contribution in [2.24, 2.45) is 12.8 Å². The van der Waals surface area contributed by atoms with Gasteiger partial charge in [-0.25, -0.2) is 4.68 Å². The number of hydrogen-bond donors (Lipinski definition) is 1. The van der Waals surface area contributed by atoms with Crippen molar-refractivity contribution in [1.29, 1.82) is 0 Å². The van der Waals surface area contributed by atoms with Crippen LogP contribution in [0.5, 0.6) is 0 Å². The minimum absolute atomic E-state index is 0.224. The van der Waals surface area contributed by atoms with E-state index < -0.39 is 6.04 Å². The first-order chi connectivity index (χ1) is 6.04. The first-order valence-electron chi connectivity index (χ1n) is 3.79. The maximum Gasteiger partial charge on any atom is 0.251 e. The van der Waals surface area contributed by atoms with E-state index in [1.165, 1.54) is 9.58 Å². The molecular weight excluding hydrogens is 172 g/mol. The summed E-state index contributed by atoms with van der Waals surface area (Å²) < 4.78 is 1.40. The number of anilines is 1. The second-order valence-electron chi connectivity index (χ2n) is 2.79. The molecule has 0 saturated carbocycles. The minimum atomic E-state index is -0.554. The Hall–Kier alpha value is -1.50. The van der Waals surface area contributed by atoms with E-state index in [9.17, 15) is 4.79 Å². The maximum atomic E-state index is 11.4. The standard InChI is InChI=1S/C6H12N6O/c1-4(7)5(13)11(2)6-8-9-10-12(6)3/h4H,7H2,1-3H3/t4-/m1/s1. The van der Waals surface area contributed by atoms with E-state index in [2.05, 4.69) is 15.5 Å². The third kappa shape index (κ3) is 1.81. The van der Waals surface area contributed by atoms with Gasteiger partial charge < -0.3 is 5.73 Å². The van der Waals surface area contributed by atoms with Gasteiger partial charge in [-0.05, 0) is 17.4 Å². The third-order valence-corrected chi connectivity index (χ3v) is 1.62. The van der Waals surface area contributed by atoms with Crippen molar-refractivity contribution in [3.05, 3.63) is 0 Å². The van der Waals surface area contributed by atoms with Crippen LogP contribution < -0.4 is 10.6 Å². The van der Waals surface area contributed by atoms with Crippen LogP contribution in [0.15, 0.2) is 0 Å². The van der Waals surface area contributed by atoms with Gasteiger partial charge in [0.05, 0.1) is 6.04 Å². The average molecular weight is 184 g/mol. The summed E-state index contributed by atoms with van der Waals surface area (Å²) in [6.45, 7) is 1.61. The molecule has 1 amide bonds. The number of rotatable bonds is 2. The van der Waals surface area contributed by atoms with E-state index in [1.54, 1.807) is 21.0 Å². The van der Waals surface area contributed by atoms with Crippen LogP contribution in [0.1, 0.15) is 6.92 Å². The smallest absolute Gasteiger partial charge is 0.251 e. The Morgan fingerprint density at radius 3 is 2.69 bits per heavy atom. The van der Waals surface area contributed by atoms with Gasteiger partial charge in [-0.1, -0.05) is 5.10 Å². The molecule has 0 aliphatic rings. The lowest BCUT2D eigenvalue weighted by molar-refractivity contribution is -0.119. The van der Waals surface area contributed by atoms with Crippen LogP contribution in [0.4, 0.5) is 5.95 Å². The summed E-state index contributed by atoms with van der Waals surface area (Å²) in [7, 11) is 3.23. The summed E-state index contributed by atoms with van der Waals surface area (Å²) in [5, 5.41) is 10.7. The monoisotopic (exact) mass is 184 g/mol. The second-order valence-corrected chi connectivity index (χ2v) is 2.79. The van der Waals surface area contributed by atoms with E-state index in [0.717, 1.165) is 0 Å². The number of carbonyl (C=O) groups excluding carboxylic acids is 1. The van der Waals surface area contributed by atoms with E-state index in [4.69, 9.17) is 5.73 Å². The Bertz CT molecular complexity index is 306. The molecule has 1 aromatic rings. The number of carbonyl (C=O) groups is 1. The molecule has 0 aromatic carbocycles. The summed E-state index contributed by atoms with van der Waals surface area (Å²) >= 11 is 0. The van der Waals surface area contributed by atoms with Crippen LogP contribution in [0, 0.1) is 0 Å². The summed E-state index contributed by atoms with van der Waals surface area (Å²) in [6.07, 6.45) is 0. The molecular formula is C6H12N6O. The lowest BCUT2D eigenvalue weighted by Crippen LogP contribution is -2.40. The van der Waals surface area contributed by atoms with Crippen molar-refractivity contribution in [3.8, 4) is 0 Å². The Balaban J connectivity index is 2.85. The molecule has 2 N–H and O–H groups in total. The fraction of sp³-hybridized carbons (Fsp3) is 0.667. The fourth-order valence-electron chi connectivity index (χ4n) is 0.913. The molecule has 0 aliphatic carbocycles. The van der Waals surface area contributed by atoms with Gasteiger partial charge in [-0.2, -0.15) is 0 Å². The normalized spacial score (nSPS) is 12.6. The van der Waals surface area contributed by atoms with Gasteiger partial charge in [0.15, 0.2) is 0 Å². The van der Waals surface area contributed by atoms with Gasteiger partial charge in [0.1, 0.15) is 0 Å². The van der Waals surface area contributed by atoms with Crippen molar-refractivity contribution in [2.45, 2.75) is 13.0 Å². The highest BCUT2D eigenvalue weighted by atomic mass is 16.2. The molecule has 0 bridgehead atoms. The van der Waals surface area contributed by atoms with Crippen LogP contribution in [-0.4, -0.2) is 39.2 Å². The zero-order valence-electron chi connectivity index (χ0n) is 7.80. The van der Waals surface area contributed by atoms with Crippen LogP contribution >= 0.6 is 0 Å². The van der Waals surface area contributed by atoms with Gasteiger partial charge in [0.2, 0.25) is 5.91 Å². The van der Waals surface area contributed by atoms with Crippen LogP contribution in [0.3, 0.4) is 0 Å². The van der Waals surface area contributed by atoms with E-state index in [1.807, 2.05) is 0 Å². The Morgan fingerprint density at radius 1 is 1.69 bits per heavy atom. The Morgan fingerprint density at radius 2 is 2.31 bits per heavy atom. The van der Waals surface area contributed by atoms with Gasteiger partial charge in [-0.3, -0.25) is 9.69 Å². The predicted molar refractivity (Wildman–Crippen MR) is 45.9 cm³/mol. The molecule has 0 radical (unpaired) electrons. The largest absolute Gasteiger partial charge is 0.320 e. The second kappa shape index (κ2) is 3.48. The molecule has 1 rings (SSSR count). The number of aromatic nitrogens is 4. The Labute approximate surface area is 75.5 Å². The number of likely N-dealkylation sites (N-methyl/N-ethyl adjacent to an activating group) is 1. The van der Waals surface area contributed by atoms with Crippen molar-refractivity contribution in [2.75, 3.05) is 11.9 Å². The molecule has 0 aliphatic heterocycles. The number of nitrogens with zero attached hydrogens (tertiary/aromatic N) is 5. The molecule has 0 fully saturated rings. The highest BCUT2D eigenvalue weighted by Crippen LogP contribution is 2.04. The van der Waals surface area contributed by atoms with Crippen molar-refractivity contribution < 1.29 is 4.79 Å². The molecule has 0 saturated heterocycles. The first-order valence-corrected chi connectivity index (χ1v) is 3.79. The molecule has 0 unspecified atom stereocenters. The zero-order valence-corrected chi connectivity index (χ0v) is 7.80. The lowest BCUT2D eigenvalue weighted by atomic mass is 10.3. The summed E-state index contributed by atoms with van der Waals surface area (Å²) in [4.78, 5) is 12.7. The van der Waals surface area contributed by atoms with Gasteiger partial charge in [-0.15, -0.1) is 0 Å². The quantitative estimate of drug-likeness (QED) is 0.605. The Kier molecular flexibility index (Phi) is 2.57. The highest BCUT2D eigenvalue weighted by molar-refractivity contribution is 5.94. The molecule has 1 heterocycles. The molecule has 0 spiro atoms. The zero-order chi connectivity index (χ0) is 10.0. The van der Waals surface area contributed by atoms with Crippen LogP contribution in [0.25, 0.3) is 0 Å². The van der Waals surface area contributed by atoms with Crippen molar-refractivity contribution in [3.63, 3.8) is 0 Å². The molecule has 7 nitrogen and oxygen atoms in total. The fourth-order valence-corrected chi connectivity index (χ4v) is 0.913. The summed E-state index contributed by atoms with van der Waals surface area (Å²) in [5.74, 6) is 0.153. The number of tetrazole rings is 1. The lowest BCUT2D eigenvalue weighted by Gasteiger charge is -2.16. The average Bonchev–Trinajstić information content (AvgIpc) is 2.48. The van der Waals surface area contributed by atoms with Gasteiger partial charge >= 0.3 is 0 Å². The SMILES string of the molecule is C[C@@H](N)C(=O)N(C)c1nnnn1C. The summed E-state index contributed by atoms with van der Waals surface area (Å²) in [5.41, 5.74) is 5.42. The number of hydrogen-bond acceptors (Lipinski definition) is 5. The van der Waals surface area contributed by atoms with Gasteiger partial charge in [0.25, 0.3) is 5.95 Å². The van der Waals surface area contributed by atoms with E-state index in [-0.39, 0.29) is 5.91 Å². The van der Waals surface area contributed by atoms with Crippen molar-refractivity contribution >= 4 is 11.9 Å². The molecule has 1 atom stereocenters. The molecule has 72 valence electrons. The number of aryl methyl sites for hydroxylation is 1. The number of nitrogens with two attached hydrogens (primary N) is 1. The molecule has 1 aromatic heterocycles. The predicted octanol–water partition coefficient (Wildman–Crippen LogP) is -1.48. The molecule has 7 heteroatoms. The number of amides is 1. The first kappa shape index (κ1) is 9.59. The van der Waals surface area contributed by atoms with Crippen LogP contribution in [-0.2, 0) is 11.8 Å². The topological polar surface area (TPSA) is 89.9 Å². The summed E-state index contributed by atoms with van der Waals surface area (Å²) in [6, 6.07) is -0.554. The van der Waals surface area contributed by atoms with E-state index in [0.29, 0.717) is 5.95 Å². The highest BCUT2D eigenvalue weighted by Gasteiger charge is 2.18.